The lowest BCUT2D eigenvalue weighted by Gasteiger charge is -2.24. The first-order valence-corrected chi connectivity index (χ1v) is 6.22. The van der Waals surface area contributed by atoms with Gasteiger partial charge in [-0.3, -0.25) is 0 Å². The second-order valence-corrected chi connectivity index (χ2v) is 5.18. The fraction of sp³-hybridized carbons (Fsp3) is 0.571. The zero-order valence-corrected chi connectivity index (χ0v) is 10.7. The summed E-state index contributed by atoms with van der Waals surface area (Å²) in [7, 11) is 0. The van der Waals surface area contributed by atoms with Crippen LogP contribution < -0.4 is 4.90 Å². The smallest absolute Gasteiger partial charge is 0.126 e. The number of benzene rings is 1. The van der Waals surface area contributed by atoms with Gasteiger partial charge in [0.2, 0.25) is 0 Å². The van der Waals surface area contributed by atoms with E-state index in [4.69, 9.17) is 0 Å². The lowest BCUT2D eigenvalue weighted by Crippen LogP contribution is -2.21. The molecule has 94 valence electrons. The van der Waals surface area contributed by atoms with Crippen molar-refractivity contribution in [3.05, 3.63) is 29.1 Å². The number of halogens is 1. The Bertz CT molecular complexity index is 417. The van der Waals surface area contributed by atoms with Gasteiger partial charge in [-0.2, -0.15) is 0 Å². The quantitative estimate of drug-likeness (QED) is 0.854. The number of hydrogen-bond donors (Lipinski definition) is 1. The molecule has 2 nitrogen and oxygen atoms in total. The zero-order valence-electron chi connectivity index (χ0n) is 10.7. The molecule has 0 spiro atoms. The second-order valence-electron chi connectivity index (χ2n) is 5.18. The van der Waals surface area contributed by atoms with Crippen LogP contribution in [0.3, 0.4) is 0 Å². The van der Waals surface area contributed by atoms with Gasteiger partial charge in [-0.25, -0.2) is 4.39 Å². The highest BCUT2D eigenvalue weighted by molar-refractivity contribution is 5.57. The Labute approximate surface area is 102 Å². The summed E-state index contributed by atoms with van der Waals surface area (Å²) < 4.78 is 13.6. The number of aliphatic hydroxyl groups is 1. The van der Waals surface area contributed by atoms with Crippen LogP contribution >= 0.6 is 0 Å². The van der Waals surface area contributed by atoms with E-state index in [0.717, 1.165) is 25.2 Å². The van der Waals surface area contributed by atoms with Gasteiger partial charge >= 0.3 is 0 Å². The molecular weight excluding hydrogens is 217 g/mol. The van der Waals surface area contributed by atoms with E-state index >= 15 is 0 Å². The summed E-state index contributed by atoms with van der Waals surface area (Å²) >= 11 is 0. The van der Waals surface area contributed by atoms with Crippen molar-refractivity contribution in [1.82, 2.24) is 0 Å². The van der Waals surface area contributed by atoms with Crippen LogP contribution in [0, 0.1) is 18.7 Å². The lowest BCUT2D eigenvalue weighted by atomic mass is 10.0. The molecule has 2 atom stereocenters. The molecule has 0 amide bonds. The van der Waals surface area contributed by atoms with Crippen LogP contribution in [0.5, 0.6) is 0 Å². The standard InChI is InChI=1S/C14H20FNO/c1-9-4-5-16(8-9)14-6-10(2)13(15)7-12(14)11(3)17/h6-7,9,11,17H,4-5,8H2,1-3H3/t9?,11-/m0/s1. The minimum absolute atomic E-state index is 0.239. The molecule has 1 heterocycles. The van der Waals surface area contributed by atoms with E-state index in [1.165, 1.54) is 6.07 Å². The van der Waals surface area contributed by atoms with E-state index in [1.807, 2.05) is 6.07 Å². The van der Waals surface area contributed by atoms with Crippen molar-refractivity contribution in [2.24, 2.45) is 5.92 Å². The first-order chi connectivity index (χ1) is 7.99. The SMILES string of the molecule is Cc1cc(N2CCC(C)C2)c([C@H](C)O)cc1F. The van der Waals surface area contributed by atoms with Crippen molar-refractivity contribution in [3.63, 3.8) is 0 Å². The van der Waals surface area contributed by atoms with Gasteiger partial charge in [0, 0.05) is 24.3 Å². The molecule has 0 saturated carbocycles. The summed E-state index contributed by atoms with van der Waals surface area (Å²) in [6, 6.07) is 3.33. The van der Waals surface area contributed by atoms with Crippen LogP contribution in [0.25, 0.3) is 0 Å². The third kappa shape index (κ3) is 2.44. The van der Waals surface area contributed by atoms with Gasteiger partial charge in [-0.1, -0.05) is 6.92 Å². The summed E-state index contributed by atoms with van der Waals surface area (Å²) in [5, 5.41) is 9.75. The van der Waals surface area contributed by atoms with Crippen molar-refractivity contribution < 1.29 is 9.50 Å². The third-order valence-electron chi connectivity index (χ3n) is 3.52. The van der Waals surface area contributed by atoms with Crippen molar-refractivity contribution in [3.8, 4) is 0 Å². The van der Waals surface area contributed by atoms with E-state index < -0.39 is 6.10 Å². The monoisotopic (exact) mass is 237 g/mol. The minimum Gasteiger partial charge on any atom is -0.389 e. The average molecular weight is 237 g/mol. The second kappa shape index (κ2) is 4.65. The zero-order chi connectivity index (χ0) is 12.6. The molecule has 1 aliphatic heterocycles. The minimum atomic E-state index is -0.629. The third-order valence-corrected chi connectivity index (χ3v) is 3.52. The summed E-state index contributed by atoms with van der Waals surface area (Å²) in [4.78, 5) is 2.25. The molecule has 0 aliphatic carbocycles. The molecule has 1 aliphatic rings. The maximum atomic E-state index is 13.6. The summed E-state index contributed by atoms with van der Waals surface area (Å²) in [5.74, 6) is 0.430. The number of aliphatic hydroxyl groups excluding tert-OH is 1. The first-order valence-electron chi connectivity index (χ1n) is 6.22. The van der Waals surface area contributed by atoms with Crippen LogP contribution in [0.2, 0.25) is 0 Å². The highest BCUT2D eigenvalue weighted by Gasteiger charge is 2.23. The van der Waals surface area contributed by atoms with Crippen LogP contribution in [0.4, 0.5) is 10.1 Å². The van der Waals surface area contributed by atoms with E-state index in [2.05, 4.69) is 11.8 Å². The van der Waals surface area contributed by atoms with Crippen LogP contribution in [-0.4, -0.2) is 18.2 Å². The van der Waals surface area contributed by atoms with Gasteiger partial charge in [0.15, 0.2) is 0 Å². The number of anilines is 1. The van der Waals surface area contributed by atoms with E-state index in [0.29, 0.717) is 17.0 Å². The summed E-state index contributed by atoms with van der Waals surface area (Å²) in [6.07, 6.45) is 0.534. The van der Waals surface area contributed by atoms with Crippen LogP contribution in [0.1, 0.15) is 37.5 Å². The molecule has 1 aromatic carbocycles. The largest absolute Gasteiger partial charge is 0.389 e. The van der Waals surface area contributed by atoms with E-state index in [1.54, 1.807) is 13.8 Å². The Kier molecular flexibility index (Phi) is 3.38. The molecular formula is C14H20FNO. The summed E-state index contributed by atoms with van der Waals surface area (Å²) in [6.45, 7) is 7.66. The number of hydrogen-bond acceptors (Lipinski definition) is 2. The van der Waals surface area contributed by atoms with Crippen LogP contribution in [-0.2, 0) is 0 Å². The Balaban J connectivity index is 2.40. The topological polar surface area (TPSA) is 23.5 Å². The Hall–Kier alpha value is -1.09. The number of nitrogens with zero attached hydrogens (tertiary/aromatic N) is 1. The molecule has 0 aromatic heterocycles. The Morgan fingerprint density at radius 1 is 1.47 bits per heavy atom. The van der Waals surface area contributed by atoms with Gasteiger partial charge in [0.05, 0.1) is 6.10 Å². The van der Waals surface area contributed by atoms with Gasteiger partial charge in [0.25, 0.3) is 0 Å². The molecule has 1 N–H and O–H groups in total. The van der Waals surface area contributed by atoms with E-state index in [-0.39, 0.29) is 5.82 Å². The van der Waals surface area contributed by atoms with Crippen molar-refractivity contribution in [1.29, 1.82) is 0 Å². The maximum Gasteiger partial charge on any atom is 0.126 e. The van der Waals surface area contributed by atoms with Gasteiger partial charge < -0.3 is 10.0 Å². The molecule has 1 saturated heterocycles. The number of rotatable bonds is 2. The number of aryl methyl sites for hydroxylation is 1. The maximum absolute atomic E-state index is 13.6. The predicted octanol–water partition coefficient (Wildman–Crippen LogP) is 3.03. The summed E-state index contributed by atoms with van der Waals surface area (Å²) in [5.41, 5.74) is 2.33. The molecule has 0 bridgehead atoms. The molecule has 3 heteroatoms. The van der Waals surface area contributed by atoms with Crippen molar-refractivity contribution >= 4 is 5.69 Å². The van der Waals surface area contributed by atoms with Gasteiger partial charge in [-0.05, 0) is 43.9 Å². The highest BCUT2D eigenvalue weighted by Crippen LogP contribution is 2.32. The molecule has 2 rings (SSSR count). The molecule has 1 unspecified atom stereocenters. The van der Waals surface area contributed by atoms with Crippen molar-refractivity contribution in [2.75, 3.05) is 18.0 Å². The fourth-order valence-electron chi connectivity index (χ4n) is 2.44. The van der Waals surface area contributed by atoms with Crippen molar-refractivity contribution in [2.45, 2.75) is 33.3 Å². The highest BCUT2D eigenvalue weighted by atomic mass is 19.1. The predicted molar refractivity (Wildman–Crippen MR) is 67.8 cm³/mol. The van der Waals surface area contributed by atoms with Crippen LogP contribution in [0.15, 0.2) is 12.1 Å². The fourth-order valence-corrected chi connectivity index (χ4v) is 2.44. The molecule has 1 fully saturated rings. The normalized spacial score (nSPS) is 21.9. The average Bonchev–Trinajstić information content (AvgIpc) is 2.68. The molecule has 17 heavy (non-hydrogen) atoms. The Morgan fingerprint density at radius 3 is 2.71 bits per heavy atom. The Morgan fingerprint density at radius 2 is 2.18 bits per heavy atom. The lowest BCUT2D eigenvalue weighted by molar-refractivity contribution is 0.199. The van der Waals surface area contributed by atoms with Gasteiger partial charge in [-0.15, -0.1) is 0 Å². The molecule has 1 aromatic rings. The molecule has 0 radical (unpaired) electrons. The van der Waals surface area contributed by atoms with E-state index in [9.17, 15) is 9.50 Å². The first kappa shape index (κ1) is 12.4. The van der Waals surface area contributed by atoms with Gasteiger partial charge in [0.1, 0.15) is 5.82 Å².